The van der Waals surface area contributed by atoms with Gasteiger partial charge in [-0.15, -0.1) is 0 Å². The van der Waals surface area contributed by atoms with Crippen molar-refractivity contribution in [3.05, 3.63) is 65.4 Å². The first kappa shape index (κ1) is 14.6. The Labute approximate surface area is 127 Å². The molecule has 0 saturated carbocycles. The van der Waals surface area contributed by atoms with Crippen LogP contribution in [0.2, 0.25) is 10.0 Å². The summed E-state index contributed by atoms with van der Waals surface area (Å²) in [4.78, 5) is 8.40. The van der Waals surface area contributed by atoms with Crippen molar-refractivity contribution in [3.8, 4) is 0 Å². The standard InChI is InChI=1S/C14H13Cl2N3O/c1-2-20-10-18-14(8-19-6-5-17-9-19)12-4-3-11(15)7-13(12)16/h2-7,9H,1,8,10H2. The van der Waals surface area contributed by atoms with Crippen molar-refractivity contribution in [1.82, 2.24) is 9.55 Å². The summed E-state index contributed by atoms with van der Waals surface area (Å²) in [5.41, 5.74) is 1.60. The number of imidazole rings is 1. The summed E-state index contributed by atoms with van der Waals surface area (Å²) in [5, 5.41) is 1.14. The van der Waals surface area contributed by atoms with Gasteiger partial charge in [0.2, 0.25) is 0 Å². The monoisotopic (exact) mass is 309 g/mol. The molecule has 20 heavy (non-hydrogen) atoms. The van der Waals surface area contributed by atoms with Gasteiger partial charge >= 0.3 is 0 Å². The number of rotatable bonds is 6. The number of nitrogens with zero attached hydrogens (tertiary/aromatic N) is 3. The minimum atomic E-state index is 0.187. The summed E-state index contributed by atoms with van der Waals surface area (Å²) in [6.45, 7) is 4.22. The fourth-order valence-corrected chi connectivity index (χ4v) is 2.18. The van der Waals surface area contributed by atoms with E-state index in [-0.39, 0.29) is 6.73 Å². The number of aliphatic imine (C=N–C) groups is 1. The van der Waals surface area contributed by atoms with Crippen LogP contribution in [0.25, 0.3) is 0 Å². The van der Waals surface area contributed by atoms with E-state index in [1.54, 1.807) is 24.7 Å². The molecule has 0 fully saturated rings. The highest BCUT2D eigenvalue weighted by Crippen LogP contribution is 2.22. The predicted molar refractivity (Wildman–Crippen MR) is 81.4 cm³/mol. The third kappa shape index (κ3) is 3.85. The van der Waals surface area contributed by atoms with Crippen LogP contribution < -0.4 is 0 Å². The lowest BCUT2D eigenvalue weighted by molar-refractivity contribution is 0.262. The van der Waals surface area contributed by atoms with Gasteiger partial charge in [0.25, 0.3) is 0 Å². The summed E-state index contributed by atoms with van der Waals surface area (Å²) in [7, 11) is 0. The fourth-order valence-electron chi connectivity index (χ4n) is 1.66. The van der Waals surface area contributed by atoms with E-state index in [1.807, 2.05) is 16.8 Å². The van der Waals surface area contributed by atoms with E-state index in [1.165, 1.54) is 6.26 Å². The first-order chi connectivity index (χ1) is 9.70. The van der Waals surface area contributed by atoms with E-state index < -0.39 is 0 Å². The fraction of sp³-hybridized carbons (Fsp3) is 0.143. The second-order valence-electron chi connectivity index (χ2n) is 3.93. The second-order valence-corrected chi connectivity index (χ2v) is 4.77. The van der Waals surface area contributed by atoms with Gasteiger partial charge in [0.1, 0.15) is 0 Å². The Morgan fingerprint density at radius 2 is 2.30 bits per heavy atom. The van der Waals surface area contributed by atoms with E-state index in [4.69, 9.17) is 27.9 Å². The lowest BCUT2D eigenvalue weighted by Crippen LogP contribution is -2.12. The van der Waals surface area contributed by atoms with Crippen molar-refractivity contribution < 1.29 is 4.74 Å². The number of halogens is 2. The van der Waals surface area contributed by atoms with Crippen LogP contribution in [0.1, 0.15) is 5.56 Å². The molecule has 0 bridgehead atoms. The van der Waals surface area contributed by atoms with Crippen molar-refractivity contribution in [2.24, 2.45) is 4.99 Å². The Morgan fingerprint density at radius 1 is 1.45 bits per heavy atom. The van der Waals surface area contributed by atoms with Crippen molar-refractivity contribution >= 4 is 28.9 Å². The summed E-state index contributed by atoms with van der Waals surface area (Å²) < 4.78 is 6.95. The second kappa shape index (κ2) is 7.12. The van der Waals surface area contributed by atoms with E-state index in [9.17, 15) is 0 Å². The minimum absolute atomic E-state index is 0.187. The molecule has 0 atom stereocenters. The summed E-state index contributed by atoms with van der Waals surface area (Å²) in [6.07, 6.45) is 6.63. The van der Waals surface area contributed by atoms with Gasteiger partial charge in [0.15, 0.2) is 6.73 Å². The van der Waals surface area contributed by atoms with Crippen molar-refractivity contribution in [2.75, 3.05) is 6.73 Å². The molecule has 1 aromatic carbocycles. The first-order valence-corrected chi connectivity index (χ1v) is 6.63. The molecule has 0 unspecified atom stereocenters. The molecule has 0 spiro atoms. The minimum Gasteiger partial charge on any atom is -0.480 e. The zero-order chi connectivity index (χ0) is 14.4. The molecular weight excluding hydrogens is 297 g/mol. The van der Waals surface area contributed by atoms with Crippen LogP contribution >= 0.6 is 23.2 Å². The molecular formula is C14H13Cl2N3O. The van der Waals surface area contributed by atoms with Crippen molar-refractivity contribution in [1.29, 1.82) is 0 Å². The summed E-state index contributed by atoms with van der Waals surface area (Å²) in [5.74, 6) is 0. The number of hydrogen-bond acceptors (Lipinski definition) is 3. The molecule has 1 heterocycles. The van der Waals surface area contributed by atoms with Crippen molar-refractivity contribution in [2.45, 2.75) is 6.54 Å². The highest BCUT2D eigenvalue weighted by Gasteiger charge is 2.09. The molecule has 1 aromatic heterocycles. The molecule has 0 aliphatic carbocycles. The third-order valence-electron chi connectivity index (χ3n) is 2.58. The Morgan fingerprint density at radius 3 is 2.95 bits per heavy atom. The Kier molecular flexibility index (Phi) is 5.21. The van der Waals surface area contributed by atoms with Crippen molar-refractivity contribution in [3.63, 3.8) is 0 Å². The largest absolute Gasteiger partial charge is 0.480 e. The van der Waals surface area contributed by atoms with Crippen LogP contribution in [0.3, 0.4) is 0 Å². The van der Waals surface area contributed by atoms with Gasteiger partial charge in [0, 0.05) is 23.0 Å². The van der Waals surface area contributed by atoms with Gasteiger partial charge in [-0.2, -0.15) is 0 Å². The highest BCUT2D eigenvalue weighted by molar-refractivity contribution is 6.37. The van der Waals surface area contributed by atoms with Gasteiger partial charge in [-0.1, -0.05) is 35.8 Å². The molecule has 2 aromatic rings. The maximum atomic E-state index is 6.23. The lowest BCUT2D eigenvalue weighted by Gasteiger charge is -2.10. The van der Waals surface area contributed by atoms with E-state index in [2.05, 4.69) is 16.6 Å². The van der Waals surface area contributed by atoms with Crippen LogP contribution in [0.4, 0.5) is 0 Å². The van der Waals surface area contributed by atoms with Crippen LogP contribution in [0, 0.1) is 0 Å². The number of benzene rings is 1. The van der Waals surface area contributed by atoms with Crippen LogP contribution in [-0.4, -0.2) is 22.0 Å². The van der Waals surface area contributed by atoms with Crippen LogP contribution in [0.15, 0.2) is 54.8 Å². The predicted octanol–water partition coefficient (Wildman–Crippen LogP) is 3.80. The molecule has 2 rings (SSSR count). The molecule has 0 N–H and O–H groups in total. The first-order valence-electron chi connectivity index (χ1n) is 5.87. The number of ether oxygens (including phenoxy) is 1. The smallest absolute Gasteiger partial charge is 0.178 e. The third-order valence-corrected chi connectivity index (χ3v) is 3.13. The molecule has 4 nitrogen and oxygen atoms in total. The van der Waals surface area contributed by atoms with Gasteiger partial charge in [0.05, 0.1) is 29.9 Å². The summed E-state index contributed by atoms with van der Waals surface area (Å²) >= 11 is 12.1. The van der Waals surface area contributed by atoms with E-state index in [0.29, 0.717) is 16.6 Å². The zero-order valence-corrected chi connectivity index (χ0v) is 12.2. The SMILES string of the molecule is C=COCN=C(Cn1ccnc1)c1ccc(Cl)cc1Cl. The normalized spacial score (nSPS) is 11.4. The van der Waals surface area contributed by atoms with E-state index in [0.717, 1.165) is 11.3 Å². The number of hydrogen-bond donors (Lipinski definition) is 0. The Balaban J connectivity index is 2.29. The number of aromatic nitrogens is 2. The van der Waals surface area contributed by atoms with Crippen LogP contribution in [0.5, 0.6) is 0 Å². The van der Waals surface area contributed by atoms with Gasteiger partial charge in [-0.3, -0.25) is 0 Å². The quantitative estimate of drug-likeness (QED) is 0.462. The molecule has 104 valence electrons. The average molecular weight is 310 g/mol. The lowest BCUT2D eigenvalue weighted by atomic mass is 10.1. The molecule has 0 aliphatic rings. The maximum Gasteiger partial charge on any atom is 0.178 e. The molecule has 6 heteroatoms. The highest BCUT2D eigenvalue weighted by atomic mass is 35.5. The molecule has 0 saturated heterocycles. The average Bonchev–Trinajstić information content (AvgIpc) is 2.91. The van der Waals surface area contributed by atoms with Gasteiger partial charge in [-0.25, -0.2) is 9.98 Å². The Bertz CT molecular complexity index is 609. The Hall–Kier alpha value is -1.78. The molecule has 0 radical (unpaired) electrons. The summed E-state index contributed by atoms with van der Waals surface area (Å²) in [6, 6.07) is 5.31. The topological polar surface area (TPSA) is 39.4 Å². The van der Waals surface area contributed by atoms with Gasteiger partial charge < -0.3 is 9.30 Å². The van der Waals surface area contributed by atoms with Crippen LogP contribution in [-0.2, 0) is 11.3 Å². The van der Waals surface area contributed by atoms with E-state index >= 15 is 0 Å². The van der Waals surface area contributed by atoms with Gasteiger partial charge in [-0.05, 0) is 12.1 Å². The molecule has 0 amide bonds. The zero-order valence-electron chi connectivity index (χ0n) is 10.7. The maximum absolute atomic E-state index is 6.23. The molecule has 0 aliphatic heterocycles.